The van der Waals surface area contributed by atoms with E-state index in [-0.39, 0.29) is 0 Å². The normalized spacial score (nSPS) is 10.5. The maximum Gasteiger partial charge on any atom is 0.129 e. The van der Waals surface area contributed by atoms with Gasteiger partial charge in [-0.2, -0.15) is 0 Å². The monoisotopic (exact) mass is 264 g/mol. The van der Waals surface area contributed by atoms with Crippen LogP contribution in [0.1, 0.15) is 11.1 Å². The molecule has 0 atom stereocenters. The summed E-state index contributed by atoms with van der Waals surface area (Å²) < 4.78 is 0. The standard InChI is InChI=1S/C13H13ClN2S/c1-9-6-11(15)2-3-12(9)17-8-10-4-5-16-13(14)7-10/h2-7H,8,15H2,1H3. The summed E-state index contributed by atoms with van der Waals surface area (Å²) in [7, 11) is 0. The Hall–Kier alpha value is -1.19. The van der Waals surface area contributed by atoms with Gasteiger partial charge in [-0.3, -0.25) is 0 Å². The highest BCUT2D eigenvalue weighted by atomic mass is 35.5. The topological polar surface area (TPSA) is 38.9 Å². The average Bonchev–Trinajstić information content (AvgIpc) is 2.28. The van der Waals surface area contributed by atoms with E-state index in [1.807, 2.05) is 24.3 Å². The van der Waals surface area contributed by atoms with Crippen LogP contribution in [0.2, 0.25) is 5.15 Å². The van der Waals surface area contributed by atoms with Crippen molar-refractivity contribution < 1.29 is 0 Å². The number of hydrogen-bond acceptors (Lipinski definition) is 3. The second kappa shape index (κ2) is 5.43. The van der Waals surface area contributed by atoms with Gasteiger partial charge >= 0.3 is 0 Å². The van der Waals surface area contributed by atoms with Crippen molar-refractivity contribution in [1.29, 1.82) is 0 Å². The number of anilines is 1. The zero-order chi connectivity index (χ0) is 12.3. The van der Waals surface area contributed by atoms with E-state index in [0.717, 1.165) is 11.4 Å². The number of hydrogen-bond donors (Lipinski definition) is 1. The summed E-state index contributed by atoms with van der Waals surface area (Å²) in [4.78, 5) is 5.21. The van der Waals surface area contributed by atoms with Gasteiger partial charge in [0.05, 0.1) is 0 Å². The molecule has 17 heavy (non-hydrogen) atoms. The summed E-state index contributed by atoms with van der Waals surface area (Å²) in [5.41, 5.74) is 8.90. The molecule has 0 spiro atoms. The highest BCUT2D eigenvalue weighted by molar-refractivity contribution is 7.98. The Kier molecular flexibility index (Phi) is 3.92. The average molecular weight is 265 g/mol. The van der Waals surface area contributed by atoms with Crippen molar-refractivity contribution in [3.63, 3.8) is 0 Å². The van der Waals surface area contributed by atoms with E-state index in [1.54, 1.807) is 18.0 Å². The summed E-state index contributed by atoms with van der Waals surface area (Å²) in [6.45, 7) is 2.07. The van der Waals surface area contributed by atoms with Gasteiger partial charge in [0.1, 0.15) is 5.15 Å². The minimum Gasteiger partial charge on any atom is -0.399 e. The van der Waals surface area contributed by atoms with E-state index >= 15 is 0 Å². The molecule has 1 aromatic heterocycles. The van der Waals surface area contributed by atoms with Gasteiger partial charge in [0, 0.05) is 22.5 Å². The largest absolute Gasteiger partial charge is 0.399 e. The van der Waals surface area contributed by atoms with Gasteiger partial charge < -0.3 is 5.73 Å². The molecule has 0 aliphatic rings. The molecule has 0 amide bonds. The molecule has 0 fully saturated rings. The lowest BCUT2D eigenvalue weighted by Crippen LogP contribution is -1.88. The summed E-state index contributed by atoms with van der Waals surface area (Å²) in [6.07, 6.45) is 1.73. The van der Waals surface area contributed by atoms with Crippen molar-refractivity contribution in [3.8, 4) is 0 Å². The van der Waals surface area contributed by atoms with Crippen molar-refractivity contribution in [2.75, 3.05) is 5.73 Å². The summed E-state index contributed by atoms with van der Waals surface area (Å²) in [5, 5.41) is 0.539. The van der Waals surface area contributed by atoms with Crippen molar-refractivity contribution >= 4 is 29.1 Å². The van der Waals surface area contributed by atoms with Crippen LogP contribution in [0.4, 0.5) is 5.69 Å². The summed E-state index contributed by atoms with van der Waals surface area (Å²) in [5.74, 6) is 0.882. The molecule has 0 saturated heterocycles. The molecule has 0 aliphatic heterocycles. The Labute approximate surface area is 110 Å². The zero-order valence-corrected chi connectivity index (χ0v) is 11.1. The van der Waals surface area contributed by atoms with E-state index < -0.39 is 0 Å². The van der Waals surface area contributed by atoms with E-state index in [2.05, 4.69) is 18.0 Å². The molecule has 0 bridgehead atoms. The fraction of sp³-hybridized carbons (Fsp3) is 0.154. The number of nitrogens with zero attached hydrogens (tertiary/aromatic N) is 1. The van der Waals surface area contributed by atoms with E-state index in [0.29, 0.717) is 5.15 Å². The first kappa shape index (κ1) is 12.3. The lowest BCUT2D eigenvalue weighted by molar-refractivity contribution is 1.26. The van der Waals surface area contributed by atoms with Gasteiger partial charge in [0.15, 0.2) is 0 Å². The van der Waals surface area contributed by atoms with Crippen molar-refractivity contribution in [1.82, 2.24) is 4.98 Å². The van der Waals surface area contributed by atoms with Crippen LogP contribution < -0.4 is 5.73 Å². The van der Waals surface area contributed by atoms with Crippen LogP contribution >= 0.6 is 23.4 Å². The zero-order valence-electron chi connectivity index (χ0n) is 9.48. The summed E-state index contributed by atoms with van der Waals surface area (Å²) in [6, 6.07) is 9.83. The number of nitrogens with two attached hydrogens (primary N) is 1. The van der Waals surface area contributed by atoms with Crippen LogP contribution in [-0.2, 0) is 5.75 Å². The fourth-order valence-electron chi connectivity index (χ4n) is 1.53. The van der Waals surface area contributed by atoms with Crippen molar-refractivity contribution in [3.05, 3.63) is 52.8 Å². The molecule has 1 heterocycles. The highest BCUT2D eigenvalue weighted by Crippen LogP contribution is 2.27. The molecule has 0 saturated carbocycles. The van der Waals surface area contributed by atoms with E-state index in [4.69, 9.17) is 17.3 Å². The molecule has 1 aromatic carbocycles. The number of rotatable bonds is 3. The number of benzene rings is 1. The van der Waals surface area contributed by atoms with E-state index in [9.17, 15) is 0 Å². The Morgan fingerprint density at radius 1 is 1.29 bits per heavy atom. The molecule has 4 heteroatoms. The third kappa shape index (κ3) is 3.38. The molecular weight excluding hydrogens is 252 g/mol. The Morgan fingerprint density at radius 2 is 2.12 bits per heavy atom. The predicted molar refractivity (Wildman–Crippen MR) is 74.4 cm³/mol. The fourth-order valence-corrected chi connectivity index (χ4v) is 2.68. The number of aryl methyl sites for hydroxylation is 1. The third-order valence-electron chi connectivity index (χ3n) is 2.38. The molecule has 0 radical (unpaired) electrons. The van der Waals surface area contributed by atoms with Gasteiger partial charge in [-0.05, 0) is 48.4 Å². The van der Waals surface area contributed by atoms with Crippen LogP contribution in [0.3, 0.4) is 0 Å². The first-order valence-corrected chi connectivity index (χ1v) is 6.61. The predicted octanol–water partition coefficient (Wildman–Crippen LogP) is 3.92. The number of pyridine rings is 1. The van der Waals surface area contributed by atoms with Crippen LogP contribution in [-0.4, -0.2) is 4.98 Å². The van der Waals surface area contributed by atoms with Crippen LogP contribution in [0.5, 0.6) is 0 Å². The molecule has 2 rings (SSSR count). The minimum atomic E-state index is 0.539. The maximum atomic E-state index is 5.84. The van der Waals surface area contributed by atoms with Gasteiger partial charge in [0.2, 0.25) is 0 Å². The smallest absolute Gasteiger partial charge is 0.129 e. The Bertz CT molecular complexity index is 529. The van der Waals surface area contributed by atoms with Gasteiger partial charge in [0.25, 0.3) is 0 Å². The van der Waals surface area contributed by atoms with E-state index in [1.165, 1.54) is 16.0 Å². The highest BCUT2D eigenvalue weighted by Gasteiger charge is 2.01. The molecule has 0 aliphatic carbocycles. The second-order valence-corrected chi connectivity index (χ2v) is 5.20. The molecule has 2 N–H and O–H groups in total. The molecule has 2 nitrogen and oxygen atoms in total. The number of halogens is 1. The SMILES string of the molecule is Cc1cc(N)ccc1SCc1ccnc(Cl)c1. The summed E-state index contributed by atoms with van der Waals surface area (Å²) >= 11 is 7.62. The van der Waals surface area contributed by atoms with Crippen LogP contribution in [0, 0.1) is 6.92 Å². The quantitative estimate of drug-likeness (QED) is 0.519. The third-order valence-corrected chi connectivity index (χ3v) is 3.84. The molecule has 88 valence electrons. The molecular formula is C13H13ClN2S. The lowest BCUT2D eigenvalue weighted by atomic mass is 10.2. The Balaban J connectivity index is 2.07. The lowest BCUT2D eigenvalue weighted by Gasteiger charge is -2.06. The van der Waals surface area contributed by atoms with Crippen LogP contribution in [0.15, 0.2) is 41.4 Å². The second-order valence-electron chi connectivity index (χ2n) is 3.80. The van der Waals surface area contributed by atoms with Gasteiger partial charge in [-0.15, -0.1) is 11.8 Å². The van der Waals surface area contributed by atoms with Crippen LogP contribution in [0.25, 0.3) is 0 Å². The maximum absolute atomic E-state index is 5.84. The molecule has 0 unspecified atom stereocenters. The number of nitrogen functional groups attached to an aromatic ring is 1. The molecule has 2 aromatic rings. The van der Waals surface area contributed by atoms with Gasteiger partial charge in [-0.25, -0.2) is 4.98 Å². The first-order chi connectivity index (χ1) is 8.15. The minimum absolute atomic E-state index is 0.539. The van der Waals surface area contributed by atoms with Crippen molar-refractivity contribution in [2.24, 2.45) is 0 Å². The van der Waals surface area contributed by atoms with Crippen molar-refractivity contribution in [2.45, 2.75) is 17.6 Å². The van der Waals surface area contributed by atoms with Gasteiger partial charge in [-0.1, -0.05) is 11.6 Å². The number of aromatic nitrogens is 1. The number of thioether (sulfide) groups is 1. The Morgan fingerprint density at radius 3 is 2.82 bits per heavy atom. The first-order valence-electron chi connectivity index (χ1n) is 5.24.